The number of nitrogens with zero attached hydrogens (tertiary/aromatic N) is 1. The molecule has 5 heteroatoms. The van der Waals surface area contributed by atoms with Crippen molar-refractivity contribution >= 4 is 30.1 Å². The molecule has 0 aromatic heterocycles. The number of likely N-dealkylation sites (tertiary alicyclic amines) is 1. The maximum Gasteiger partial charge on any atom is 0.254 e. The lowest BCUT2D eigenvalue weighted by atomic mass is 9.97. The minimum atomic E-state index is 0. The van der Waals surface area contributed by atoms with Crippen LogP contribution in [-0.4, -0.2) is 36.7 Å². The summed E-state index contributed by atoms with van der Waals surface area (Å²) in [5.74, 6) is 0.613. The van der Waals surface area contributed by atoms with Crippen LogP contribution in [0.1, 0.15) is 23.2 Å². The molecule has 1 heterocycles. The van der Waals surface area contributed by atoms with E-state index in [9.17, 15) is 4.79 Å². The summed E-state index contributed by atoms with van der Waals surface area (Å²) in [5, 5.41) is 0. The van der Waals surface area contributed by atoms with Crippen LogP contribution in [-0.2, 0) is 0 Å². The van der Waals surface area contributed by atoms with E-state index in [0.717, 1.165) is 36.4 Å². The second-order valence-electron chi connectivity index (χ2n) is 4.70. The molecule has 19 heavy (non-hydrogen) atoms. The number of hydrogen-bond donors (Lipinski definition) is 1. The standard InChI is InChI=1S/C14H20N2OS.ClH/c1-18-13-7-3-2-6-12(13)14(17)16-8-4-5-11(9-15)10-16;/h2-3,6-7,11H,4-5,8-10,15H2,1H3;1H. The van der Waals surface area contributed by atoms with Gasteiger partial charge in [0.05, 0.1) is 5.56 Å². The Kier molecular flexibility index (Phi) is 6.69. The summed E-state index contributed by atoms with van der Waals surface area (Å²) < 4.78 is 0. The third-order valence-electron chi connectivity index (χ3n) is 3.48. The smallest absolute Gasteiger partial charge is 0.254 e. The van der Waals surface area contributed by atoms with Crippen LogP contribution >= 0.6 is 24.2 Å². The molecule has 1 aliphatic rings. The Balaban J connectivity index is 0.00000180. The van der Waals surface area contributed by atoms with Gasteiger partial charge in [0.25, 0.3) is 5.91 Å². The van der Waals surface area contributed by atoms with Gasteiger partial charge in [-0.05, 0) is 43.7 Å². The van der Waals surface area contributed by atoms with Crippen LogP contribution in [0.15, 0.2) is 29.2 Å². The highest BCUT2D eigenvalue weighted by molar-refractivity contribution is 7.98. The van der Waals surface area contributed by atoms with E-state index in [1.54, 1.807) is 11.8 Å². The molecule has 0 radical (unpaired) electrons. The Morgan fingerprint density at radius 2 is 2.21 bits per heavy atom. The average Bonchev–Trinajstić information content (AvgIpc) is 2.46. The minimum absolute atomic E-state index is 0. The van der Waals surface area contributed by atoms with E-state index in [2.05, 4.69) is 0 Å². The summed E-state index contributed by atoms with van der Waals surface area (Å²) in [4.78, 5) is 15.5. The van der Waals surface area contributed by atoms with Crippen molar-refractivity contribution in [3.8, 4) is 0 Å². The van der Waals surface area contributed by atoms with Gasteiger partial charge in [-0.3, -0.25) is 4.79 Å². The summed E-state index contributed by atoms with van der Waals surface area (Å²) in [7, 11) is 0. The molecule has 0 saturated carbocycles. The largest absolute Gasteiger partial charge is 0.338 e. The van der Waals surface area contributed by atoms with Gasteiger partial charge in [0.1, 0.15) is 0 Å². The zero-order valence-corrected chi connectivity index (χ0v) is 12.8. The normalized spacial score (nSPS) is 18.8. The summed E-state index contributed by atoms with van der Waals surface area (Å²) in [6.45, 7) is 2.34. The number of piperidine rings is 1. The van der Waals surface area contributed by atoms with Gasteiger partial charge >= 0.3 is 0 Å². The van der Waals surface area contributed by atoms with Crippen molar-refractivity contribution in [1.82, 2.24) is 4.90 Å². The van der Waals surface area contributed by atoms with E-state index in [0.29, 0.717) is 12.5 Å². The number of rotatable bonds is 3. The van der Waals surface area contributed by atoms with Gasteiger partial charge in [-0.1, -0.05) is 12.1 Å². The number of thioether (sulfide) groups is 1. The fourth-order valence-corrected chi connectivity index (χ4v) is 3.02. The van der Waals surface area contributed by atoms with Crippen molar-refractivity contribution in [2.24, 2.45) is 11.7 Å². The monoisotopic (exact) mass is 300 g/mol. The third kappa shape index (κ3) is 3.88. The van der Waals surface area contributed by atoms with Crippen LogP contribution in [0.2, 0.25) is 0 Å². The lowest BCUT2D eigenvalue weighted by molar-refractivity contribution is 0.0674. The van der Waals surface area contributed by atoms with Crippen molar-refractivity contribution in [2.45, 2.75) is 17.7 Å². The molecule has 2 N–H and O–H groups in total. The fourth-order valence-electron chi connectivity index (χ4n) is 2.43. The molecular weight excluding hydrogens is 280 g/mol. The highest BCUT2D eigenvalue weighted by Crippen LogP contribution is 2.24. The molecule has 1 aliphatic heterocycles. The second kappa shape index (κ2) is 7.78. The number of benzene rings is 1. The Morgan fingerprint density at radius 3 is 2.89 bits per heavy atom. The summed E-state index contributed by atoms with van der Waals surface area (Å²) in [5.41, 5.74) is 6.54. The predicted molar refractivity (Wildman–Crippen MR) is 83.2 cm³/mol. The number of carbonyl (C=O) groups is 1. The van der Waals surface area contributed by atoms with Crippen molar-refractivity contribution in [3.63, 3.8) is 0 Å². The van der Waals surface area contributed by atoms with Crippen LogP contribution in [0.3, 0.4) is 0 Å². The van der Waals surface area contributed by atoms with Gasteiger partial charge in [-0.15, -0.1) is 24.2 Å². The van der Waals surface area contributed by atoms with Gasteiger partial charge < -0.3 is 10.6 Å². The average molecular weight is 301 g/mol. The van der Waals surface area contributed by atoms with E-state index < -0.39 is 0 Å². The SMILES string of the molecule is CSc1ccccc1C(=O)N1CCCC(CN)C1.Cl. The molecule has 1 saturated heterocycles. The lowest BCUT2D eigenvalue weighted by Gasteiger charge is -2.32. The van der Waals surface area contributed by atoms with E-state index in [1.165, 1.54) is 0 Å². The second-order valence-corrected chi connectivity index (χ2v) is 5.54. The first kappa shape index (κ1) is 16.3. The molecule has 0 spiro atoms. The molecule has 3 nitrogen and oxygen atoms in total. The molecule has 1 amide bonds. The molecule has 106 valence electrons. The van der Waals surface area contributed by atoms with Crippen molar-refractivity contribution in [2.75, 3.05) is 25.9 Å². The minimum Gasteiger partial charge on any atom is -0.338 e. The molecule has 0 aliphatic carbocycles. The molecule has 1 aromatic carbocycles. The number of nitrogens with two attached hydrogens (primary N) is 1. The predicted octanol–water partition coefficient (Wildman–Crippen LogP) is 2.64. The molecule has 1 atom stereocenters. The van der Waals surface area contributed by atoms with Crippen LogP contribution in [0.25, 0.3) is 0 Å². The van der Waals surface area contributed by atoms with Crippen LogP contribution < -0.4 is 5.73 Å². The highest BCUT2D eigenvalue weighted by Gasteiger charge is 2.24. The zero-order valence-electron chi connectivity index (χ0n) is 11.2. The molecule has 2 rings (SSSR count). The molecule has 0 bridgehead atoms. The first-order valence-corrected chi connectivity index (χ1v) is 7.61. The van der Waals surface area contributed by atoms with Crippen molar-refractivity contribution < 1.29 is 4.79 Å². The lowest BCUT2D eigenvalue weighted by Crippen LogP contribution is -2.42. The van der Waals surface area contributed by atoms with E-state index in [1.807, 2.05) is 35.4 Å². The van der Waals surface area contributed by atoms with Gasteiger partial charge in [0.15, 0.2) is 0 Å². The quantitative estimate of drug-likeness (QED) is 0.873. The third-order valence-corrected chi connectivity index (χ3v) is 4.27. The molecular formula is C14H21ClN2OS. The molecule has 1 fully saturated rings. The summed E-state index contributed by atoms with van der Waals surface area (Å²) in [6, 6.07) is 7.82. The van der Waals surface area contributed by atoms with Crippen molar-refractivity contribution in [1.29, 1.82) is 0 Å². The number of halogens is 1. The Bertz CT molecular complexity index is 428. The Labute approximate surface area is 125 Å². The number of amides is 1. The van der Waals surface area contributed by atoms with Gasteiger partial charge in [0, 0.05) is 18.0 Å². The van der Waals surface area contributed by atoms with E-state index in [4.69, 9.17) is 5.73 Å². The van der Waals surface area contributed by atoms with E-state index in [-0.39, 0.29) is 18.3 Å². The maximum absolute atomic E-state index is 12.5. The van der Waals surface area contributed by atoms with Gasteiger partial charge in [-0.25, -0.2) is 0 Å². The summed E-state index contributed by atoms with van der Waals surface area (Å²) in [6.07, 6.45) is 4.21. The van der Waals surface area contributed by atoms with Crippen LogP contribution in [0.4, 0.5) is 0 Å². The van der Waals surface area contributed by atoms with Crippen LogP contribution in [0, 0.1) is 5.92 Å². The Morgan fingerprint density at radius 1 is 1.47 bits per heavy atom. The van der Waals surface area contributed by atoms with Gasteiger partial charge in [-0.2, -0.15) is 0 Å². The first-order valence-electron chi connectivity index (χ1n) is 6.38. The van der Waals surface area contributed by atoms with Crippen molar-refractivity contribution in [3.05, 3.63) is 29.8 Å². The molecule has 1 aromatic rings. The maximum atomic E-state index is 12.5. The zero-order chi connectivity index (χ0) is 13.0. The topological polar surface area (TPSA) is 46.3 Å². The molecule has 1 unspecified atom stereocenters. The number of hydrogen-bond acceptors (Lipinski definition) is 3. The Hall–Kier alpha value is -0.710. The van der Waals surface area contributed by atoms with Gasteiger partial charge in [0.2, 0.25) is 0 Å². The first-order chi connectivity index (χ1) is 8.76. The fraction of sp³-hybridized carbons (Fsp3) is 0.500. The number of carbonyl (C=O) groups excluding carboxylic acids is 1. The van der Waals surface area contributed by atoms with E-state index >= 15 is 0 Å². The summed E-state index contributed by atoms with van der Waals surface area (Å²) >= 11 is 1.62. The highest BCUT2D eigenvalue weighted by atomic mass is 35.5. The van der Waals surface area contributed by atoms with Crippen LogP contribution in [0.5, 0.6) is 0 Å².